The smallest absolute Gasteiger partial charge is 0.0133 e. The standard InChI is InChI=1S/C11H15/c1-2-4-7-11-9-5-8-10(11)6-3-1/h5,8-9H,1-4,6-7H2. The normalized spacial score (nSPS) is 29.5. The lowest BCUT2D eigenvalue weighted by Gasteiger charge is -2.20. The monoisotopic (exact) mass is 147 g/mol. The summed E-state index contributed by atoms with van der Waals surface area (Å²) in [4.78, 5) is 0. The van der Waals surface area contributed by atoms with Gasteiger partial charge in [-0.15, -0.1) is 0 Å². The highest BCUT2D eigenvalue weighted by atomic mass is 14.3. The highest BCUT2D eigenvalue weighted by Gasteiger charge is 2.28. The molecule has 2 rings (SSSR count). The summed E-state index contributed by atoms with van der Waals surface area (Å²) in [5.41, 5.74) is 0. The van der Waals surface area contributed by atoms with Crippen LogP contribution in [0.2, 0.25) is 0 Å². The van der Waals surface area contributed by atoms with E-state index in [1.165, 1.54) is 38.5 Å². The number of rotatable bonds is 0. The average molecular weight is 147 g/mol. The Morgan fingerprint density at radius 2 is 1.27 bits per heavy atom. The van der Waals surface area contributed by atoms with Crippen molar-refractivity contribution < 1.29 is 0 Å². The van der Waals surface area contributed by atoms with Gasteiger partial charge in [0, 0.05) is 0 Å². The van der Waals surface area contributed by atoms with Crippen molar-refractivity contribution in [1.82, 2.24) is 0 Å². The van der Waals surface area contributed by atoms with E-state index in [0.29, 0.717) is 0 Å². The molecule has 0 atom stereocenters. The SMILES string of the molecule is [CH]1[CH][C]2CCCCCC[C]2[CH]1. The third-order valence-corrected chi connectivity index (χ3v) is 2.65. The van der Waals surface area contributed by atoms with Gasteiger partial charge in [0.15, 0.2) is 0 Å². The summed E-state index contributed by atoms with van der Waals surface area (Å²) in [6.07, 6.45) is 15.1. The molecule has 0 spiro atoms. The average Bonchev–Trinajstić information content (AvgIpc) is 2.35. The zero-order chi connectivity index (χ0) is 7.52. The predicted molar refractivity (Wildman–Crippen MR) is 47.1 cm³/mol. The second-order valence-electron chi connectivity index (χ2n) is 3.49. The minimum Gasteiger partial charge on any atom is -0.0533 e. The molecule has 0 saturated heterocycles. The molecule has 0 aromatic heterocycles. The Morgan fingerprint density at radius 3 is 1.82 bits per heavy atom. The van der Waals surface area contributed by atoms with Crippen molar-refractivity contribution in [3.8, 4) is 0 Å². The highest BCUT2D eigenvalue weighted by molar-refractivity contribution is 5.43. The molecule has 0 nitrogen and oxygen atoms in total. The lowest BCUT2D eigenvalue weighted by Crippen LogP contribution is -2.06. The van der Waals surface area contributed by atoms with E-state index in [-0.39, 0.29) is 0 Å². The lowest BCUT2D eigenvalue weighted by atomic mass is 9.84. The van der Waals surface area contributed by atoms with Gasteiger partial charge in [-0.2, -0.15) is 0 Å². The number of fused-ring (bicyclic) bond motifs is 1. The lowest BCUT2D eigenvalue weighted by molar-refractivity contribution is 0.571. The predicted octanol–water partition coefficient (Wildman–Crippen LogP) is 3.12. The molecule has 0 aromatic rings. The van der Waals surface area contributed by atoms with Gasteiger partial charge in [-0.05, 0) is 43.9 Å². The summed E-state index contributed by atoms with van der Waals surface area (Å²) in [7, 11) is 0. The molecule has 2 aliphatic carbocycles. The molecule has 0 heteroatoms. The molecule has 0 unspecified atom stereocenters. The zero-order valence-corrected chi connectivity index (χ0v) is 6.97. The van der Waals surface area contributed by atoms with Crippen molar-refractivity contribution in [2.75, 3.05) is 0 Å². The van der Waals surface area contributed by atoms with Gasteiger partial charge < -0.3 is 0 Å². The van der Waals surface area contributed by atoms with Gasteiger partial charge in [0.2, 0.25) is 0 Å². The first-order valence-corrected chi connectivity index (χ1v) is 4.70. The van der Waals surface area contributed by atoms with Crippen molar-refractivity contribution >= 4 is 0 Å². The van der Waals surface area contributed by atoms with E-state index in [1.807, 2.05) is 0 Å². The van der Waals surface area contributed by atoms with E-state index in [1.54, 1.807) is 11.8 Å². The van der Waals surface area contributed by atoms with Gasteiger partial charge in [-0.1, -0.05) is 25.7 Å². The van der Waals surface area contributed by atoms with Gasteiger partial charge in [0.1, 0.15) is 0 Å². The zero-order valence-electron chi connectivity index (χ0n) is 6.97. The van der Waals surface area contributed by atoms with Gasteiger partial charge in [0.25, 0.3) is 0 Å². The molecular weight excluding hydrogens is 132 g/mol. The summed E-state index contributed by atoms with van der Waals surface area (Å²) >= 11 is 0. The Balaban J connectivity index is 1.89. The quantitative estimate of drug-likeness (QED) is 0.494. The molecule has 0 bridgehead atoms. The van der Waals surface area contributed by atoms with Crippen LogP contribution in [0.15, 0.2) is 0 Å². The van der Waals surface area contributed by atoms with Gasteiger partial charge in [0.05, 0.1) is 0 Å². The van der Waals surface area contributed by atoms with Crippen molar-refractivity contribution in [2.24, 2.45) is 0 Å². The molecule has 2 aliphatic rings. The first kappa shape index (κ1) is 7.64. The molecule has 11 heavy (non-hydrogen) atoms. The summed E-state index contributed by atoms with van der Waals surface area (Å²) < 4.78 is 0. The minimum absolute atomic E-state index is 1.32. The third-order valence-electron chi connectivity index (χ3n) is 2.65. The molecular formula is C11H15. The first-order valence-electron chi connectivity index (χ1n) is 4.70. The molecule has 0 heterocycles. The van der Waals surface area contributed by atoms with E-state index < -0.39 is 0 Å². The molecule has 5 radical (unpaired) electrons. The number of hydrogen-bond donors (Lipinski definition) is 0. The minimum atomic E-state index is 1.32. The van der Waals surface area contributed by atoms with Crippen LogP contribution in [0.3, 0.4) is 0 Å². The summed E-state index contributed by atoms with van der Waals surface area (Å²) in [6, 6.07) is 0. The molecule has 0 aliphatic heterocycles. The molecule has 59 valence electrons. The first-order chi connectivity index (χ1) is 5.47. The molecule has 2 saturated carbocycles. The van der Waals surface area contributed by atoms with Crippen molar-refractivity contribution in [2.45, 2.75) is 38.5 Å². The molecule has 2 fully saturated rings. The van der Waals surface area contributed by atoms with E-state index >= 15 is 0 Å². The fourth-order valence-corrected chi connectivity index (χ4v) is 1.97. The maximum absolute atomic E-state index is 2.29. The Labute approximate surface area is 70.4 Å². The second-order valence-corrected chi connectivity index (χ2v) is 3.49. The Bertz CT molecular complexity index is 103. The Kier molecular flexibility index (Phi) is 2.50. The van der Waals surface area contributed by atoms with Crippen molar-refractivity contribution in [3.05, 3.63) is 31.1 Å². The topological polar surface area (TPSA) is 0 Å². The number of hydrogen-bond acceptors (Lipinski definition) is 0. The van der Waals surface area contributed by atoms with E-state index in [4.69, 9.17) is 0 Å². The van der Waals surface area contributed by atoms with E-state index in [9.17, 15) is 0 Å². The van der Waals surface area contributed by atoms with Crippen LogP contribution in [0.5, 0.6) is 0 Å². The summed E-state index contributed by atoms with van der Waals surface area (Å²) in [5, 5.41) is 0. The largest absolute Gasteiger partial charge is 0.0533 e. The Hall–Kier alpha value is 0. The summed E-state index contributed by atoms with van der Waals surface area (Å²) in [6.45, 7) is 0. The van der Waals surface area contributed by atoms with Crippen LogP contribution in [0.25, 0.3) is 0 Å². The van der Waals surface area contributed by atoms with Crippen molar-refractivity contribution in [3.63, 3.8) is 0 Å². The molecule has 0 aromatic carbocycles. The van der Waals surface area contributed by atoms with E-state index in [0.717, 1.165) is 0 Å². The fraction of sp³-hybridized carbons (Fsp3) is 0.545. The molecule has 0 N–H and O–H groups in total. The fourth-order valence-electron chi connectivity index (χ4n) is 1.97. The van der Waals surface area contributed by atoms with Crippen LogP contribution in [0.4, 0.5) is 0 Å². The Morgan fingerprint density at radius 1 is 0.727 bits per heavy atom. The maximum atomic E-state index is 2.29. The summed E-state index contributed by atoms with van der Waals surface area (Å²) in [5.74, 6) is 3.23. The second kappa shape index (κ2) is 3.60. The van der Waals surface area contributed by atoms with Crippen molar-refractivity contribution in [1.29, 1.82) is 0 Å². The molecule has 0 amide bonds. The van der Waals surface area contributed by atoms with Gasteiger partial charge in [-0.25, -0.2) is 0 Å². The van der Waals surface area contributed by atoms with Gasteiger partial charge in [-0.3, -0.25) is 0 Å². The highest BCUT2D eigenvalue weighted by Crippen LogP contribution is 2.41. The van der Waals surface area contributed by atoms with Gasteiger partial charge >= 0.3 is 0 Å². The third kappa shape index (κ3) is 1.77. The van der Waals surface area contributed by atoms with Crippen LogP contribution in [0.1, 0.15) is 38.5 Å². The van der Waals surface area contributed by atoms with Crippen LogP contribution >= 0.6 is 0 Å². The van der Waals surface area contributed by atoms with Crippen LogP contribution in [-0.4, -0.2) is 0 Å². The maximum Gasteiger partial charge on any atom is -0.0133 e. The van der Waals surface area contributed by atoms with Crippen LogP contribution < -0.4 is 0 Å². The van der Waals surface area contributed by atoms with E-state index in [2.05, 4.69) is 19.3 Å². The van der Waals surface area contributed by atoms with Crippen LogP contribution in [0, 0.1) is 31.1 Å². The van der Waals surface area contributed by atoms with Crippen LogP contribution in [-0.2, 0) is 0 Å².